The SMILES string of the molecule is CC(C)c1cnn2c(N[C@H]3CCc4[nH]c5cccnc5c4C3)nc(-c3cncc(F)c3)nc12.S. The lowest BCUT2D eigenvalue weighted by atomic mass is 9.93. The first-order valence-corrected chi connectivity index (χ1v) is 11.1. The molecule has 1 aliphatic rings. The van der Waals surface area contributed by atoms with E-state index in [1.807, 2.05) is 18.5 Å². The van der Waals surface area contributed by atoms with Crippen LogP contribution in [0.2, 0.25) is 0 Å². The van der Waals surface area contributed by atoms with E-state index in [1.165, 1.54) is 23.5 Å². The Balaban J connectivity index is 0.00000241. The Labute approximate surface area is 202 Å². The topological polar surface area (TPSA) is 96.7 Å². The number of anilines is 1. The van der Waals surface area contributed by atoms with Gasteiger partial charge in [0.25, 0.3) is 0 Å². The van der Waals surface area contributed by atoms with Gasteiger partial charge in [-0.2, -0.15) is 28.1 Å². The zero-order valence-corrected chi connectivity index (χ0v) is 19.9. The van der Waals surface area contributed by atoms with Gasteiger partial charge in [-0.15, -0.1) is 0 Å². The van der Waals surface area contributed by atoms with Crippen molar-refractivity contribution in [2.45, 2.75) is 45.1 Å². The number of hydrogen-bond donors (Lipinski definition) is 2. The van der Waals surface area contributed by atoms with Gasteiger partial charge in [0, 0.05) is 40.8 Å². The number of halogens is 1. The first kappa shape index (κ1) is 22.3. The zero-order valence-electron chi connectivity index (χ0n) is 18.9. The quantitative estimate of drug-likeness (QED) is 0.399. The summed E-state index contributed by atoms with van der Waals surface area (Å²) in [5, 5.41) is 8.15. The van der Waals surface area contributed by atoms with E-state index < -0.39 is 5.82 Å². The molecule has 1 atom stereocenters. The second-order valence-corrected chi connectivity index (χ2v) is 8.82. The summed E-state index contributed by atoms with van der Waals surface area (Å²) in [6.45, 7) is 4.20. The maximum absolute atomic E-state index is 13.9. The fourth-order valence-electron chi connectivity index (χ4n) is 4.59. The van der Waals surface area contributed by atoms with Crippen LogP contribution >= 0.6 is 13.5 Å². The first-order chi connectivity index (χ1) is 16.1. The van der Waals surface area contributed by atoms with Gasteiger partial charge in [-0.25, -0.2) is 9.37 Å². The molecule has 5 aromatic heterocycles. The van der Waals surface area contributed by atoms with Crippen LogP contribution in [0, 0.1) is 5.82 Å². The van der Waals surface area contributed by atoms with Gasteiger partial charge in [0.2, 0.25) is 5.95 Å². The molecule has 5 heterocycles. The van der Waals surface area contributed by atoms with E-state index in [2.05, 4.69) is 45.3 Å². The highest BCUT2D eigenvalue weighted by molar-refractivity contribution is 7.59. The number of aromatic amines is 1. The number of aromatic nitrogens is 7. The van der Waals surface area contributed by atoms with Crippen molar-refractivity contribution in [1.29, 1.82) is 0 Å². The number of hydrogen-bond acceptors (Lipinski definition) is 6. The van der Waals surface area contributed by atoms with Crippen LogP contribution in [-0.4, -0.2) is 40.6 Å². The molecule has 0 spiro atoms. The molecule has 0 fully saturated rings. The van der Waals surface area contributed by atoms with Crippen LogP contribution in [0.5, 0.6) is 0 Å². The first-order valence-electron chi connectivity index (χ1n) is 11.1. The highest BCUT2D eigenvalue weighted by atomic mass is 32.1. The minimum atomic E-state index is -0.422. The Morgan fingerprint density at radius 1 is 1.21 bits per heavy atom. The van der Waals surface area contributed by atoms with Gasteiger partial charge in [0.15, 0.2) is 11.5 Å². The van der Waals surface area contributed by atoms with Crippen LogP contribution in [0.15, 0.2) is 43.0 Å². The van der Waals surface area contributed by atoms with E-state index in [1.54, 1.807) is 10.7 Å². The minimum Gasteiger partial charge on any atom is -0.357 e. The van der Waals surface area contributed by atoms with Crippen molar-refractivity contribution in [3.05, 3.63) is 65.6 Å². The fraction of sp³-hybridized carbons (Fsp3) is 0.292. The molecule has 2 N–H and O–H groups in total. The molecule has 0 saturated carbocycles. The van der Waals surface area contributed by atoms with Gasteiger partial charge < -0.3 is 10.3 Å². The Kier molecular flexibility index (Phi) is 5.68. The van der Waals surface area contributed by atoms with Crippen LogP contribution in [-0.2, 0) is 12.8 Å². The summed E-state index contributed by atoms with van der Waals surface area (Å²) in [4.78, 5) is 21.5. The molecule has 34 heavy (non-hydrogen) atoms. The highest BCUT2D eigenvalue weighted by Crippen LogP contribution is 2.30. The molecule has 5 aromatic rings. The van der Waals surface area contributed by atoms with Crippen LogP contribution in [0.4, 0.5) is 10.3 Å². The molecule has 0 bridgehead atoms. The number of nitrogens with one attached hydrogen (secondary N) is 2. The van der Waals surface area contributed by atoms with Crippen molar-refractivity contribution in [2.75, 3.05) is 5.32 Å². The van der Waals surface area contributed by atoms with Crippen molar-refractivity contribution in [3.63, 3.8) is 0 Å². The van der Waals surface area contributed by atoms with Crippen LogP contribution in [0.1, 0.15) is 43.0 Å². The van der Waals surface area contributed by atoms with Gasteiger partial charge in [0.05, 0.1) is 23.4 Å². The van der Waals surface area contributed by atoms with Crippen molar-refractivity contribution >= 4 is 36.1 Å². The normalized spacial score (nSPS) is 15.5. The maximum atomic E-state index is 13.9. The van der Waals surface area contributed by atoms with E-state index in [0.29, 0.717) is 23.0 Å². The van der Waals surface area contributed by atoms with E-state index in [9.17, 15) is 4.39 Å². The highest BCUT2D eigenvalue weighted by Gasteiger charge is 2.25. The largest absolute Gasteiger partial charge is 0.357 e. The summed E-state index contributed by atoms with van der Waals surface area (Å²) in [7, 11) is 0. The van der Waals surface area contributed by atoms with Crippen molar-refractivity contribution in [1.82, 2.24) is 34.5 Å². The molecule has 1 aliphatic carbocycles. The van der Waals surface area contributed by atoms with Gasteiger partial charge in [-0.1, -0.05) is 13.8 Å². The number of nitrogens with zero attached hydrogens (tertiary/aromatic N) is 6. The monoisotopic (exact) mass is 476 g/mol. The molecule has 8 nitrogen and oxygen atoms in total. The number of fused-ring (bicyclic) bond motifs is 4. The second kappa shape index (κ2) is 8.68. The summed E-state index contributed by atoms with van der Waals surface area (Å²) in [6.07, 6.45) is 9.11. The Morgan fingerprint density at radius 3 is 2.91 bits per heavy atom. The molecule has 0 saturated heterocycles. The zero-order chi connectivity index (χ0) is 22.5. The summed E-state index contributed by atoms with van der Waals surface area (Å²) < 4.78 is 15.6. The average Bonchev–Trinajstić information content (AvgIpc) is 3.41. The van der Waals surface area contributed by atoms with E-state index in [-0.39, 0.29) is 25.5 Å². The number of H-pyrrole nitrogens is 1. The predicted molar refractivity (Wildman–Crippen MR) is 134 cm³/mol. The minimum absolute atomic E-state index is 0. The lowest BCUT2D eigenvalue weighted by Crippen LogP contribution is -2.29. The lowest BCUT2D eigenvalue weighted by Gasteiger charge is -2.24. The average molecular weight is 477 g/mol. The Hall–Kier alpha value is -3.53. The third kappa shape index (κ3) is 3.77. The third-order valence-corrected chi connectivity index (χ3v) is 6.25. The van der Waals surface area contributed by atoms with Crippen LogP contribution < -0.4 is 5.32 Å². The number of aryl methyl sites for hydroxylation is 1. The van der Waals surface area contributed by atoms with Gasteiger partial charge in [-0.05, 0) is 43.4 Å². The molecular weight excluding hydrogens is 451 g/mol. The predicted octanol–water partition coefficient (Wildman–Crippen LogP) is 4.41. The molecular formula is C24H25FN8S. The van der Waals surface area contributed by atoms with Gasteiger partial charge >= 0.3 is 0 Å². The Morgan fingerprint density at radius 2 is 2.09 bits per heavy atom. The molecule has 6 rings (SSSR count). The van der Waals surface area contributed by atoms with Gasteiger partial charge in [-0.3, -0.25) is 9.97 Å². The van der Waals surface area contributed by atoms with Crippen molar-refractivity contribution in [2.24, 2.45) is 0 Å². The molecule has 0 aliphatic heterocycles. The number of pyridine rings is 2. The van der Waals surface area contributed by atoms with E-state index in [0.717, 1.165) is 35.9 Å². The van der Waals surface area contributed by atoms with Crippen LogP contribution in [0.25, 0.3) is 28.1 Å². The van der Waals surface area contributed by atoms with Crippen molar-refractivity contribution in [3.8, 4) is 11.4 Å². The lowest BCUT2D eigenvalue weighted by molar-refractivity contribution is 0.599. The van der Waals surface area contributed by atoms with Crippen molar-refractivity contribution < 1.29 is 4.39 Å². The molecule has 0 amide bonds. The smallest absolute Gasteiger partial charge is 0.228 e. The summed E-state index contributed by atoms with van der Waals surface area (Å²) in [5.74, 6) is 0.824. The van der Waals surface area contributed by atoms with Crippen LogP contribution in [0.3, 0.4) is 0 Å². The molecule has 0 unspecified atom stereocenters. The molecule has 10 heteroatoms. The molecule has 0 radical (unpaired) electrons. The molecule has 0 aromatic carbocycles. The van der Waals surface area contributed by atoms with E-state index >= 15 is 0 Å². The molecule has 174 valence electrons. The summed E-state index contributed by atoms with van der Waals surface area (Å²) in [6, 6.07) is 5.57. The number of rotatable bonds is 4. The second-order valence-electron chi connectivity index (χ2n) is 8.82. The third-order valence-electron chi connectivity index (χ3n) is 6.25. The summed E-state index contributed by atoms with van der Waals surface area (Å²) in [5.41, 5.74) is 6.86. The standard InChI is InChI=1S/C24H23FN8.H2S/c1-13(2)18-12-28-33-23(18)31-22(14-8-15(25)11-26-10-14)32-24(33)29-16-5-6-19-17(9-16)21-20(30-19)4-3-7-27-21;/h3-4,7-8,10-13,16,30H,5-6,9H2,1-2H3,(H,29,31,32);1H2/t16-;/m0./s1. The maximum Gasteiger partial charge on any atom is 0.228 e. The van der Waals surface area contributed by atoms with E-state index in [4.69, 9.17) is 9.97 Å². The fourth-order valence-corrected chi connectivity index (χ4v) is 4.59. The summed E-state index contributed by atoms with van der Waals surface area (Å²) >= 11 is 0. The van der Waals surface area contributed by atoms with Gasteiger partial charge in [0.1, 0.15) is 5.82 Å². The Bertz CT molecular complexity index is 1490.